The Bertz CT molecular complexity index is 549. The number of rotatable bonds is 4. The Morgan fingerprint density at radius 2 is 2.20 bits per heavy atom. The highest BCUT2D eigenvalue weighted by Gasteiger charge is 2.39. The zero-order valence-corrected chi connectivity index (χ0v) is 13.6. The van der Waals surface area contributed by atoms with Crippen LogP contribution in [0.15, 0.2) is 16.6 Å². The average Bonchev–Trinajstić information content (AvgIpc) is 3.02. The quantitative estimate of drug-likeness (QED) is 0.798. The topological polar surface area (TPSA) is 38.0 Å². The van der Waals surface area contributed by atoms with Crippen LogP contribution in [0.3, 0.4) is 0 Å². The fourth-order valence-electron chi connectivity index (χ4n) is 3.74. The highest BCUT2D eigenvalue weighted by molar-refractivity contribution is 9.10. The van der Waals surface area contributed by atoms with Gasteiger partial charge in [0.25, 0.3) is 0 Å². The highest BCUT2D eigenvalue weighted by atomic mass is 79.9. The van der Waals surface area contributed by atoms with E-state index < -0.39 is 0 Å². The normalized spacial score (nSPS) is 27.8. The maximum Gasteiger partial charge on any atom is 0.161 e. The van der Waals surface area contributed by atoms with Crippen LogP contribution in [0.25, 0.3) is 0 Å². The molecule has 3 atom stereocenters. The fourth-order valence-corrected chi connectivity index (χ4v) is 4.60. The minimum atomic E-state index is -0.307. The molecule has 0 spiro atoms. The molecular weight excluding hydrogens is 339 g/mol. The summed E-state index contributed by atoms with van der Waals surface area (Å²) in [5.41, 5.74) is 6.63. The van der Waals surface area contributed by atoms with Crippen LogP contribution in [0, 0.1) is 23.6 Å². The summed E-state index contributed by atoms with van der Waals surface area (Å²) in [5, 5.41) is 3.26. The van der Waals surface area contributed by atoms with Crippen molar-refractivity contribution in [1.82, 2.24) is 0 Å². The van der Waals surface area contributed by atoms with E-state index in [1.807, 2.05) is 0 Å². The van der Waals surface area contributed by atoms with Gasteiger partial charge in [-0.25, -0.2) is 4.39 Å². The molecule has 0 aliphatic heterocycles. The first-order chi connectivity index (χ1) is 9.56. The summed E-state index contributed by atoms with van der Waals surface area (Å²) in [5.74, 6) is 2.15. The molecule has 2 bridgehead atoms. The van der Waals surface area contributed by atoms with Crippen LogP contribution in [0.4, 0.5) is 10.1 Å². The number of hydrogen-bond acceptors (Lipinski definition) is 2. The van der Waals surface area contributed by atoms with Gasteiger partial charge in [0, 0.05) is 12.1 Å². The Labute approximate surface area is 132 Å². The predicted octanol–water partition coefficient (Wildman–Crippen LogP) is 4.07. The van der Waals surface area contributed by atoms with E-state index in [9.17, 15) is 4.39 Å². The molecule has 0 heterocycles. The van der Waals surface area contributed by atoms with Crippen molar-refractivity contribution in [2.75, 3.05) is 11.9 Å². The minimum absolute atomic E-state index is 0.204. The van der Waals surface area contributed by atoms with Gasteiger partial charge < -0.3 is 11.1 Å². The second-order valence-electron chi connectivity index (χ2n) is 5.97. The maximum absolute atomic E-state index is 14.3. The number of halogens is 2. The van der Waals surface area contributed by atoms with Gasteiger partial charge in [-0.3, -0.25) is 0 Å². The average molecular weight is 357 g/mol. The van der Waals surface area contributed by atoms with Crippen LogP contribution < -0.4 is 11.1 Å². The van der Waals surface area contributed by atoms with Crippen LogP contribution >= 0.6 is 28.1 Å². The summed E-state index contributed by atoms with van der Waals surface area (Å²) < 4.78 is 14.6. The van der Waals surface area contributed by atoms with Gasteiger partial charge in [-0.15, -0.1) is 0 Å². The Balaban J connectivity index is 1.69. The zero-order chi connectivity index (χ0) is 14.3. The van der Waals surface area contributed by atoms with Crippen LogP contribution in [0.5, 0.6) is 0 Å². The van der Waals surface area contributed by atoms with Gasteiger partial charge in [0.15, 0.2) is 5.82 Å². The Kier molecular flexibility index (Phi) is 4.00. The number of hydrogen-bond donors (Lipinski definition) is 2. The van der Waals surface area contributed by atoms with Crippen molar-refractivity contribution in [3.05, 3.63) is 28.0 Å². The van der Waals surface area contributed by atoms with E-state index in [0.717, 1.165) is 18.4 Å². The Hall–Kier alpha value is -0.680. The molecule has 1 aromatic rings. The molecule has 2 aliphatic carbocycles. The summed E-state index contributed by atoms with van der Waals surface area (Å²) in [4.78, 5) is 0.204. The summed E-state index contributed by atoms with van der Waals surface area (Å²) in [6, 6.07) is 3.49. The molecule has 0 amide bonds. The van der Waals surface area contributed by atoms with Crippen molar-refractivity contribution in [1.29, 1.82) is 0 Å². The molecule has 3 rings (SSSR count). The number of anilines is 1. The zero-order valence-electron chi connectivity index (χ0n) is 11.2. The van der Waals surface area contributed by atoms with E-state index in [1.54, 1.807) is 12.1 Å². The molecule has 5 heteroatoms. The van der Waals surface area contributed by atoms with Crippen molar-refractivity contribution in [3.8, 4) is 0 Å². The Morgan fingerprint density at radius 1 is 1.40 bits per heavy atom. The molecular formula is C15H18BrFN2S. The van der Waals surface area contributed by atoms with Crippen molar-refractivity contribution in [2.45, 2.75) is 25.7 Å². The first-order valence-electron chi connectivity index (χ1n) is 7.08. The third-order valence-corrected chi connectivity index (χ3v) is 5.78. The number of benzene rings is 1. The smallest absolute Gasteiger partial charge is 0.161 e. The molecule has 2 saturated carbocycles. The maximum atomic E-state index is 14.3. The van der Waals surface area contributed by atoms with Crippen LogP contribution in [0.1, 0.15) is 31.2 Å². The second kappa shape index (κ2) is 5.60. The summed E-state index contributed by atoms with van der Waals surface area (Å²) in [6.07, 6.45) is 5.41. The molecule has 108 valence electrons. The fraction of sp³-hybridized carbons (Fsp3) is 0.533. The largest absolute Gasteiger partial charge is 0.389 e. The van der Waals surface area contributed by atoms with Gasteiger partial charge in [-0.1, -0.05) is 18.6 Å². The third kappa shape index (κ3) is 2.58. The summed E-state index contributed by atoms with van der Waals surface area (Å²) in [7, 11) is 0. The lowest BCUT2D eigenvalue weighted by molar-refractivity contribution is 0.348. The number of thiocarbonyl (C=S) groups is 1. The molecule has 2 fully saturated rings. The molecule has 1 aromatic carbocycles. The standard InChI is InChI=1S/C15H18BrFN2S/c16-13-11(15(18)20)3-4-12(14(13)17)19-7-10-6-8-1-2-9(10)5-8/h3-4,8-10,19H,1-2,5-7H2,(H2,18,20). The van der Waals surface area contributed by atoms with Crippen molar-refractivity contribution >= 4 is 38.8 Å². The van der Waals surface area contributed by atoms with Crippen molar-refractivity contribution < 1.29 is 4.39 Å². The highest BCUT2D eigenvalue weighted by Crippen LogP contribution is 2.48. The monoisotopic (exact) mass is 356 g/mol. The first kappa shape index (κ1) is 14.3. The van der Waals surface area contributed by atoms with Gasteiger partial charge in [-0.2, -0.15) is 0 Å². The molecule has 0 saturated heterocycles. The lowest BCUT2D eigenvalue weighted by Gasteiger charge is -2.22. The lowest BCUT2D eigenvalue weighted by Crippen LogP contribution is -2.21. The molecule has 0 aromatic heterocycles. The van der Waals surface area contributed by atoms with Crippen molar-refractivity contribution in [3.63, 3.8) is 0 Å². The number of nitrogens with two attached hydrogens (primary N) is 1. The number of nitrogens with one attached hydrogen (secondary N) is 1. The molecule has 2 nitrogen and oxygen atoms in total. The molecule has 2 aliphatic rings. The van der Waals surface area contributed by atoms with E-state index in [0.29, 0.717) is 21.6 Å². The van der Waals surface area contributed by atoms with Gasteiger partial charge in [-0.05, 0) is 65.1 Å². The summed E-state index contributed by atoms with van der Waals surface area (Å²) >= 11 is 8.14. The molecule has 20 heavy (non-hydrogen) atoms. The second-order valence-corrected chi connectivity index (χ2v) is 7.20. The van der Waals surface area contributed by atoms with Gasteiger partial charge in [0.05, 0.1) is 10.2 Å². The molecule has 3 N–H and O–H groups in total. The van der Waals surface area contributed by atoms with Crippen LogP contribution in [0.2, 0.25) is 0 Å². The van der Waals surface area contributed by atoms with E-state index in [-0.39, 0.29) is 10.8 Å². The molecule has 0 radical (unpaired) electrons. The van der Waals surface area contributed by atoms with E-state index in [1.165, 1.54) is 25.7 Å². The predicted molar refractivity (Wildman–Crippen MR) is 87.4 cm³/mol. The van der Waals surface area contributed by atoms with E-state index in [2.05, 4.69) is 21.2 Å². The Morgan fingerprint density at radius 3 is 2.80 bits per heavy atom. The number of fused-ring (bicyclic) bond motifs is 2. The summed E-state index contributed by atoms with van der Waals surface area (Å²) in [6.45, 7) is 0.858. The van der Waals surface area contributed by atoms with Gasteiger partial charge in [0.2, 0.25) is 0 Å². The van der Waals surface area contributed by atoms with Crippen molar-refractivity contribution in [2.24, 2.45) is 23.5 Å². The third-order valence-electron chi connectivity index (χ3n) is 4.79. The minimum Gasteiger partial charge on any atom is -0.389 e. The van der Waals surface area contributed by atoms with Crippen LogP contribution in [-0.4, -0.2) is 11.5 Å². The first-order valence-corrected chi connectivity index (χ1v) is 8.28. The SMILES string of the molecule is NC(=S)c1ccc(NCC2CC3CCC2C3)c(F)c1Br. The van der Waals surface area contributed by atoms with E-state index in [4.69, 9.17) is 18.0 Å². The molecule has 3 unspecified atom stereocenters. The van der Waals surface area contributed by atoms with Gasteiger partial charge in [0.1, 0.15) is 4.99 Å². The van der Waals surface area contributed by atoms with E-state index >= 15 is 0 Å². The van der Waals surface area contributed by atoms with Gasteiger partial charge >= 0.3 is 0 Å². The lowest BCUT2D eigenvalue weighted by atomic mass is 9.89. The van der Waals surface area contributed by atoms with Crippen LogP contribution in [-0.2, 0) is 0 Å².